The van der Waals surface area contributed by atoms with Crippen molar-refractivity contribution in [2.24, 2.45) is 0 Å². The van der Waals surface area contributed by atoms with Crippen molar-refractivity contribution < 1.29 is 14.3 Å². The lowest BCUT2D eigenvalue weighted by molar-refractivity contribution is -0.114. The topological polar surface area (TPSA) is 67.4 Å². The monoisotopic (exact) mass is 312 g/mol. The SMILES string of the molecule is COC(=O)c1ccc(NC(=O)CNc2c(C)cccc2C)cc1. The Balaban J connectivity index is 1.93. The third-order valence-corrected chi connectivity index (χ3v) is 3.50. The van der Waals surface area contributed by atoms with Gasteiger partial charge in [-0.1, -0.05) is 18.2 Å². The largest absolute Gasteiger partial charge is 0.465 e. The highest BCUT2D eigenvalue weighted by molar-refractivity contribution is 5.95. The van der Waals surface area contributed by atoms with Gasteiger partial charge in [-0.3, -0.25) is 4.79 Å². The molecule has 2 rings (SSSR count). The summed E-state index contributed by atoms with van der Waals surface area (Å²) in [5.41, 5.74) is 4.24. The molecule has 2 N–H and O–H groups in total. The van der Waals surface area contributed by atoms with Crippen LogP contribution in [0.3, 0.4) is 0 Å². The van der Waals surface area contributed by atoms with E-state index in [2.05, 4.69) is 15.4 Å². The molecule has 0 aliphatic heterocycles. The summed E-state index contributed by atoms with van der Waals surface area (Å²) in [4.78, 5) is 23.4. The summed E-state index contributed by atoms with van der Waals surface area (Å²) >= 11 is 0. The molecule has 0 bridgehead atoms. The average molecular weight is 312 g/mol. The molecule has 0 saturated heterocycles. The summed E-state index contributed by atoms with van der Waals surface area (Å²) < 4.78 is 4.63. The molecule has 0 heterocycles. The van der Waals surface area contributed by atoms with Gasteiger partial charge < -0.3 is 15.4 Å². The molecule has 1 amide bonds. The van der Waals surface area contributed by atoms with Gasteiger partial charge in [-0.15, -0.1) is 0 Å². The standard InChI is InChI=1S/C18H20N2O3/c1-12-5-4-6-13(2)17(12)19-11-16(21)20-15-9-7-14(8-10-15)18(22)23-3/h4-10,19H,11H2,1-3H3,(H,20,21). The quantitative estimate of drug-likeness (QED) is 0.832. The van der Waals surface area contributed by atoms with Crippen molar-refractivity contribution in [3.05, 3.63) is 59.2 Å². The van der Waals surface area contributed by atoms with Crippen LogP contribution in [0, 0.1) is 13.8 Å². The van der Waals surface area contributed by atoms with E-state index in [9.17, 15) is 9.59 Å². The number of anilines is 2. The number of carbonyl (C=O) groups is 2. The normalized spacial score (nSPS) is 10.0. The van der Waals surface area contributed by atoms with E-state index in [-0.39, 0.29) is 12.5 Å². The van der Waals surface area contributed by atoms with E-state index in [0.717, 1.165) is 16.8 Å². The van der Waals surface area contributed by atoms with Crippen molar-refractivity contribution in [3.8, 4) is 0 Å². The van der Waals surface area contributed by atoms with E-state index in [4.69, 9.17) is 0 Å². The molecule has 23 heavy (non-hydrogen) atoms. The van der Waals surface area contributed by atoms with Crippen molar-refractivity contribution in [3.63, 3.8) is 0 Å². The zero-order valence-corrected chi connectivity index (χ0v) is 13.5. The Labute approximate surface area is 135 Å². The van der Waals surface area contributed by atoms with Crippen LogP contribution in [0.1, 0.15) is 21.5 Å². The molecule has 0 aliphatic rings. The van der Waals surface area contributed by atoms with Crippen LogP contribution in [0.2, 0.25) is 0 Å². The predicted octanol–water partition coefficient (Wildman–Crippen LogP) is 3.14. The fraction of sp³-hybridized carbons (Fsp3) is 0.222. The highest BCUT2D eigenvalue weighted by Crippen LogP contribution is 2.19. The number of aryl methyl sites for hydroxylation is 2. The fourth-order valence-electron chi connectivity index (χ4n) is 2.27. The summed E-state index contributed by atoms with van der Waals surface area (Å²) in [6.07, 6.45) is 0. The Morgan fingerprint density at radius 2 is 1.61 bits per heavy atom. The van der Waals surface area contributed by atoms with Crippen molar-refractivity contribution in [1.82, 2.24) is 0 Å². The van der Waals surface area contributed by atoms with E-state index in [1.54, 1.807) is 24.3 Å². The summed E-state index contributed by atoms with van der Waals surface area (Å²) in [6.45, 7) is 4.17. The number of hydrogen-bond donors (Lipinski definition) is 2. The van der Waals surface area contributed by atoms with Gasteiger partial charge >= 0.3 is 5.97 Å². The minimum absolute atomic E-state index is 0.154. The molecule has 0 spiro atoms. The first-order valence-electron chi connectivity index (χ1n) is 7.29. The molecule has 0 saturated carbocycles. The van der Waals surface area contributed by atoms with Crippen LogP contribution in [0.4, 0.5) is 11.4 Å². The summed E-state index contributed by atoms with van der Waals surface area (Å²) in [7, 11) is 1.33. The number of methoxy groups -OCH3 is 1. The Kier molecular flexibility index (Phi) is 5.36. The van der Waals surface area contributed by atoms with Crippen LogP contribution in [0.15, 0.2) is 42.5 Å². The van der Waals surface area contributed by atoms with Crippen LogP contribution in [0.5, 0.6) is 0 Å². The smallest absolute Gasteiger partial charge is 0.337 e. The van der Waals surface area contributed by atoms with Crippen molar-refractivity contribution in [2.45, 2.75) is 13.8 Å². The number of benzene rings is 2. The molecule has 2 aromatic carbocycles. The van der Waals surface area contributed by atoms with E-state index >= 15 is 0 Å². The highest BCUT2D eigenvalue weighted by atomic mass is 16.5. The van der Waals surface area contributed by atoms with Gasteiger partial charge in [-0.05, 0) is 49.2 Å². The molecule has 0 aromatic heterocycles. The highest BCUT2D eigenvalue weighted by Gasteiger charge is 2.07. The Morgan fingerprint density at radius 1 is 1.00 bits per heavy atom. The van der Waals surface area contributed by atoms with Gasteiger partial charge in [0.15, 0.2) is 0 Å². The first-order chi connectivity index (χ1) is 11.0. The predicted molar refractivity (Wildman–Crippen MR) is 90.8 cm³/mol. The molecule has 5 nitrogen and oxygen atoms in total. The number of nitrogens with one attached hydrogen (secondary N) is 2. The third-order valence-electron chi connectivity index (χ3n) is 3.50. The maximum Gasteiger partial charge on any atom is 0.337 e. The second-order valence-electron chi connectivity index (χ2n) is 5.24. The minimum atomic E-state index is -0.403. The molecular formula is C18H20N2O3. The van der Waals surface area contributed by atoms with Crippen molar-refractivity contribution >= 4 is 23.3 Å². The number of hydrogen-bond acceptors (Lipinski definition) is 4. The average Bonchev–Trinajstić information content (AvgIpc) is 2.54. The number of para-hydroxylation sites is 1. The Hall–Kier alpha value is -2.82. The molecule has 0 radical (unpaired) electrons. The van der Waals surface area contributed by atoms with Crippen molar-refractivity contribution in [2.75, 3.05) is 24.3 Å². The number of carbonyl (C=O) groups excluding carboxylic acids is 2. The molecule has 5 heteroatoms. The molecular weight excluding hydrogens is 292 g/mol. The second-order valence-corrected chi connectivity index (χ2v) is 5.24. The van der Waals surface area contributed by atoms with E-state index in [0.29, 0.717) is 11.3 Å². The molecule has 2 aromatic rings. The molecule has 120 valence electrons. The number of amides is 1. The van der Waals surface area contributed by atoms with Crippen LogP contribution in [-0.4, -0.2) is 25.5 Å². The van der Waals surface area contributed by atoms with Crippen LogP contribution >= 0.6 is 0 Å². The van der Waals surface area contributed by atoms with Crippen molar-refractivity contribution in [1.29, 1.82) is 0 Å². The van der Waals surface area contributed by atoms with E-state index in [1.807, 2.05) is 32.0 Å². The first-order valence-corrected chi connectivity index (χ1v) is 7.29. The Bertz CT molecular complexity index is 688. The minimum Gasteiger partial charge on any atom is -0.465 e. The van der Waals surface area contributed by atoms with Gasteiger partial charge in [0.1, 0.15) is 0 Å². The number of esters is 1. The van der Waals surface area contributed by atoms with Crippen LogP contribution in [0.25, 0.3) is 0 Å². The van der Waals surface area contributed by atoms with E-state index in [1.165, 1.54) is 7.11 Å². The Morgan fingerprint density at radius 3 is 2.17 bits per heavy atom. The summed E-state index contributed by atoms with van der Waals surface area (Å²) in [5.74, 6) is -0.557. The summed E-state index contributed by atoms with van der Waals surface area (Å²) in [6, 6.07) is 12.5. The van der Waals surface area contributed by atoms with Gasteiger partial charge in [0.2, 0.25) is 5.91 Å². The van der Waals surface area contributed by atoms with Gasteiger partial charge in [0.25, 0.3) is 0 Å². The molecule has 0 unspecified atom stereocenters. The summed E-state index contributed by atoms with van der Waals surface area (Å²) in [5, 5.41) is 5.94. The lowest BCUT2D eigenvalue weighted by Crippen LogP contribution is -2.22. The van der Waals surface area contributed by atoms with Gasteiger partial charge in [-0.25, -0.2) is 4.79 Å². The zero-order chi connectivity index (χ0) is 16.8. The second kappa shape index (κ2) is 7.45. The van der Waals surface area contributed by atoms with Gasteiger partial charge in [0.05, 0.1) is 19.2 Å². The van der Waals surface area contributed by atoms with Gasteiger partial charge in [0, 0.05) is 11.4 Å². The lowest BCUT2D eigenvalue weighted by Gasteiger charge is -2.12. The number of rotatable bonds is 5. The molecule has 0 fully saturated rings. The maximum absolute atomic E-state index is 12.0. The van der Waals surface area contributed by atoms with Gasteiger partial charge in [-0.2, -0.15) is 0 Å². The van der Waals surface area contributed by atoms with Crippen LogP contribution in [-0.2, 0) is 9.53 Å². The third kappa shape index (κ3) is 4.32. The zero-order valence-electron chi connectivity index (χ0n) is 13.5. The lowest BCUT2D eigenvalue weighted by atomic mass is 10.1. The number of ether oxygens (including phenoxy) is 1. The first kappa shape index (κ1) is 16.5. The molecule has 0 atom stereocenters. The van der Waals surface area contributed by atoms with Crippen LogP contribution < -0.4 is 10.6 Å². The maximum atomic E-state index is 12.0. The fourth-order valence-corrected chi connectivity index (χ4v) is 2.27. The van der Waals surface area contributed by atoms with E-state index < -0.39 is 5.97 Å². The molecule has 0 aliphatic carbocycles.